The fourth-order valence-corrected chi connectivity index (χ4v) is 2.66. The molecule has 1 aromatic heterocycles. The third-order valence-corrected chi connectivity index (χ3v) is 4.08. The van der Waals surface area contributed by atoms with Crippen LogP contribution in [0.4, 0.5) is 10.1 Å². The summed E-state index contributed by atoms with van der Waals surface area (Å²) in [7, 11) is 1.81. The van der Waals surface area contributed by atoms with Crippen molar-refractivity contribution in [3.8, 4) is 11.1 Å². The predicted molar refractivity (Wildman–Crippen MR) is 95.9 cm³/mol. The van der Waals surface area contributed by atoms with Crippen molar-refractivity contribution in [2.45, 2.75) is 13.0 Å². The number of amides is 1. The Hall–Kier alpha value is -3.15. The van der Waals surface area contributed by atoms with E-state index in [9.17, 15) is 9.18 Å². The molecule has 1 atom stereocenters. The zero-order valence-corrected chi connectivity index (χ0v) is 14.0. The highest BCUT2D eigenvalue weighted by molar-refractivity contribution is 5.97. The summed E-state index contributed by atoms with van der Waals surface area (Å²) in [5.74, 6) is -0.483. The van der Waals surface area contributed by atoms with Crippen LogP contribution in [0.15, 0.2) is 54.9 Å². The molecule has 0 bridgehead atoms. The Morgan fingerprint density at radius 1 is 1.20 bits per heavy atom. The van der Waals surface area contributed by atoms with Gasteiger partial charge in [-0.3, -0.25) is 9.89 Å². The summed E-state index contributed by atoms with van der Waals surface area (Å²) in [6.07, 6.45) is 3.53. The lowest BCUT2D eigenvalue weighted by atomic mass is 10.0. The monoisotopic (exact) mass is 338 g/mol. The zero-order valence-electron chi connectivity index (χ0n) is 14.0. The van der Waals surface area contributed by atoms with E-state index < -0.39 is 0 Å². The van der Waals surface area contributed by atoms with E-state index in [0.29, 0.717) is 5.56 Å². The number of carbonyl (C=O) groups excluding carboxylic acids is 1. The summed E-state index contributed by atoms with van der Waals surface area (Å²) in [6.45, 7) is 1.87. The fourth-order valence-electron chi connectivity index (χ4n) is 2.66. The lowest BCUT2D eigenvalue weighted by molar-refractivity contribution is 0.0940. The van der Waals surface area contributed by atoms with Crippen LogP contribution in [-0.2, 0) is 0 Å². The van der Waals surface area contributed by atoms with E-state index in [4.69, 9.17) is 0 Å². The zero-order chi connectivity index (χ0) is 17.8. The number of hydrogen-bond acceptors (Lipinski definition) is 3. The van der Waals surface area contributed by atoms with E-state index in [1.807, 2.05) is 20.0 Å². The summed E-state index contributed by atoms with van der Waals surface area (Å²) < 4.78 is 13.0. The molecule has 5 nitrogen and oxygen atoms in total. The molecular weight excluding hydrogens is 319 g/mol. The van der Waals surface area contributed by atoms with Crippen LogP contribution in [0.1, 0.15) is 28.9 Å². The van der Waals surface area contributed by atoms with Crippen molar-refractivity contribution < 1.29 is 9.18 Å². The molecule has 0 spiro atoms. The Bertz CT molecular complexity index is 860. The van der Waals surface area contributed by atoms with Gasteiger partial charge in [0.05, 0.1) is 12.2 Å². The molecule has 0 aliphatic carbocycles. The third kappa shape index (κ3) is 3.68. The molecule has 25 heavy (non-hydrogen) atoms. The summed E-state index contributed by atoms with van der Waals surface area (Å²) in [6, 6.07) is 11.3. The van der Waals surface area contributed by atoms with Gasteiger partial charge in [-0.15, -0.1) is 0 Å². The quantitative estimate of drug-likeness (QED) is 0.663. The summed E-state index contributed by atoms with van der Waals surface area (Å²) in [4.78, 5) is 12.5. The van der Waals surface area contributed by atoms with Crippen molar-refractivity contribution in [1.82, 2.24) is 15.5 Å². The van der Waals surface area contributed by atoms with Crippen molar-refractivity contribution in [2.75, 3.05) is 12.4 Å². The number of H-pyrrole nitrogens is 1. The SMILES string of the molecule is CNc1cc(C(=O)NC(C)c2ccc(F)cc2)ccc1-c1cn[nH]c1. The van der Waals surface area contributed by atoms with Crippen molar-refractivity contribution in [3.05, 3.63) is 71.8 Å². The Kier molecular flexibility index (Phi) is 4.79. The van der Waals surface area contributed by atoms with Gasteiger partial charge in [-0.25, -0.2) is 4.39 Å². The van der Waals surface area contributed by atoms with E-state index in [2.05, 4.69) is 20.8 Å². The van der Waals surface area contributed by atoms with E-state index in [-0.39, 0.29) is 17.8 Å². The van der Waals surface area contributed by atoms with Gasteiger partial charge in [0, 0.05) is 35.6 Å². The van der Waals surface area contributed by atoms with E-state index in [1.165, 1.54) is 12.1 Å². The fraction of sp³-hybridized carbons (Fsp3) is 0.158. The predicted octanol–water partition coefficient (Wildman–Crippen LogP) is 3.75. The highest BCUT2D eigenvalue weighted by atomic mass is 19.1. The second-order valence-electron chi connectivity index (χ2n) is 5.74. The molecule has 0 aliphatic heterocycles. The van der Waals surface area contributed by atoms with E-state index in [1.54, 1.807) is 36.7 Å². The smallest absolute Gasteiger partial charge is 0.251 e. The molecule has 1 amide bonds. The van der Waals surface area contributed by atoms with Gasteiger partial charge in [0.25, 0.3) is 5.91 Å². The maximum atomic E-state index is 13.0. The minimum atomic E-state index is -0.296. The molecule has 3 rings (SSSR count). The topological polar surface area (TPSA) is 69.8 Å². The van der Waals surface area contributed by atoms with Gasteiger partial charge in [0.15, 0.2) is 0 Å². The number of benzene rings is 2. The summed E-state index contributed by atoms with van der Waals surface area (Å²) in [5, 5.41) is 12.8. The average Bonchev–Trinajstić information content (AvgIpc) is 3.16. The number of carbonyl (C=O) groups is 1. The first-order chi connectivity index (χ1) is 12.1. The molecule has 128 valence electrons. The normalized spacial score (nSPS) is 11.8. The maximum absolute atomic E-state index is 13.0. The number of aromatic nitrogens is 2. The van der Waals surface area contributed by atoms with Gasteiger partial charge >= 0.3 is 0 Å². The third-order valence-electron chi connectivity index (χ3n) is 4.08. The van der Waals surface area contributed by atoms with Crippen LogP contribution in [0.5, 0.6) is 0 Å². The van der Waals surface area contributed by atoms with Crippen molar-refractivity contribution in [2.24, 2.45) is 0 Å². The molecule has 0 radical (unpaired) electrons. The van der Waals surface area contributed by atoms with Crippen molar-refractivity contribution in [3.63, 3.8) is 0 Å². The first-order valence-electron chi connectivity index (χ1n) is 7.96. The average molecular weight is 338 g/mol. The molecular formula is C19H19FN4O. The molecule has 3 N–H and O–H groups in total. The van der Waals surface area contributed by atoms with Crippen molar-refractivity contribution in [1.29, 1.82) is 0 Å². The van der Waals surface area contributed by atoms with Gasteiger partial charge in [-0.2, -0.15) is 5.10 Å². The van der Waals surface area contributed by atoms with Crippen molar-refractivity contribution >= 4 is 11.6 Å². The molecule has 0 fully saturated rings. The van der Waals surface area contributed by atoms with Crippen LogP contribution in [0.25, 0.3) is 11.1 Å². The highest BCUT2D eigenvalue weighted by Crippen LogP contribution is 2.28. The van der Waals surface area contributed by atoms with Crippen LogP contribution >= 0.6 is 0 Å². The molecule has 1 unspecified atom stereocenters. The Morgan fingerprint density at radius 2 is 1.96 bits per heavy atom. The largest absolute Gasteiger partial charge is 0.388 e. The van der Waals surface area contributed by atoms with Gasteiger partial charge in [0.1, 0.15) is 5.82 Å². The number of hydrogen-bond donors (Lipinski definition) is 3. The molecule has 2 aromatic carbocycles. The second kappa shape index (κ2) is 7.17. The first-order valence-corrected chi connectivity index (χ1v) is 7.96. The summed E-state index contributed by atoms with van der Waals surface area (Å²) in [5.41, 5.74) is 4.13. The highest BCUT2D eigenvalue weighted by Gasteiger charge is 2.14. The van der Waals surface area contributed by atoms with Crippen LogP contribution < -0.4 is 10.6 Å². The van der Waals surface area contributed by atoms with Gasteiger partial charge in [-0.05, 0) is 36.8 Å². The number of aromatic amines is 1. The number of nitrogens with zero attached hydrogens (tertiary/aromatic N) is 1. The first kappa shape index (κ1) is 16.7. The van der Waals surface area contributed by atoms with Gasteiger partial charge in [-0.1, -0.05) is 18.2 Å². The Balaban J connectivity index is 1.79. The van der Waals surface area contributed by atoms with E-state index >= 15 is 0 Å². The minimum absolute atomic E-state index is 0.188. The number of anilines is 1. The summed E-state index contributed by atoms with van der Waals surface area (Å²) >= 11 is 0. The number of halogens is 1. The lowest BCUT2D eigenvalue weighted by Gasteiger charge is -2.16. The van der Waals surface area contributed by atoms with E-state index in [0.717, 1.165) is 22.4 Å². The van der Waals surface area contributed by atoms with Crippen LogP contribution in [0, 0.1) is 5.82 Å². The molecule has 6 heteroatoms. The lowest BCUT2D eigenvalue weighted by Crippen LogP contribution is -2.26. The Morgan fingerprint density at radius 3 is 2.60 bits per heavy atom. The number of nitrogens with one attached hydrogen (secondary N) is 3. The minimum Gasteiger partial charge on any atom is -0.388 e. The standard InChI is InChI=1S/C19H19FN4O/c1-12(13-3-6-16(20)7-4-13)24-19(25)14-5-8-17(18(9-14)21-2)15-10-22-23-11-15/h3-12,21H,1-2H3,(H,22,23)(H,24,25). The van der Waals surface area contributed by atoms with Crippen LogP contribution in [-0.4, -0.2) is 23.2 Å². The molecule has 0 saturated heterocycles. The van der Waals surface area contributed by atoms with Crippen LogP contribution in [0.2, 0.25) is 0 Å². The van der Waals surface area contributed by atoms with Gasteiger partial charge < -0.3 is 10.6 Å². The molecule has 0 aliphatic rings. The molecule has 3 aromatic rings. The maximum Gasteiger partial charge on any atom is 0.251 e. The molecule has 0 saturated carbocycles. The Labute approximate surface area is 145 Å². The van der Waals surface area contributed by atoms with Crippen LogP contribution in [0.3, 0.4) is 0 Å². The number of rotatable bonds is 5. The second-order valence-corrected chi connectivity index (χ2v) is 5.74. The van der Waals surface area contributed by atoms with Gasteiger partial charge in [0.2, 0.25) is 0 Å². The molecule has 1 heterocycles.